The molecule has 0 saturated heterocycles. The van der Waals surface area contributed by atoms with Crippen LogP contribution < -0.4 is 20.1 Å². The van der Waals surface area contributed by atoms with Gasteiger partial charge in [0.05, 0.1) is 0 Å². The van der Waals surface area contributed by atoms with Gasteiger partial charge in [0.1, 0.15) is 11.5 Å². The van der Waals surface area contributed by atoms with Crippen LogP contribution in [0.5, 0.6) is 11.5 Å². The first-order chi connectivity index (χ1) is 15.3. The third-order valence-corrected chi connectivity index (χ3v) is 6.44. The minimum absolute atomic E-state index is 0.0639. The van der Waals surface area contributed by atoms with Gasteiger partial charge in [-0.25, -0.2) is 0 Å². The first kappa shape index (κ1) is 24.6. The number of rotatable bonds is 8. The molecule has 0 bridgehead atoms. The molecule has 2 atom stereocenters. The van der Waals surface area contributed by atoms with Gasteiger partial charge in [-0.2, -0.15) is 0 Å². The molecular weight excluding hydrogens is 540 g/mol. The molecule has 1 aliphatic rings. The summed E-state index contributed by atoms with van der Waals surface area (Å²) in [5.74, 6) is 0.967. The summed E-state index contributed by atoms with van der Waals surface area (Å²) in [6.07, 6.45) is 3.67. The predicted octanol–water partition coefficient (Wildman–Crippen LogP) is 4.83. The highest BCUT2D eigenvalue weighted by Gasteiger charge is 2.28. The highest BCUT2D eigenvalue weighted by Crippen LogP contribution is 2.23. The zero-order valence-corrected chi connectivity index (χ0v) is 21.4. The van der Waals surface area contributed by atoms with Crippen molar-refractivity contribution in [3.05, 3.63) is 56.5 Å². The lowest BCUT2D eigenvalue weighted by atomic mass is 9.90. The van der Waals surface area contributed by atoms with Gasteiger partial charge >= 0.3 is 0 Å². The lowest BCUT2D eigenvalue weighted by Crippen LogP contribution is -2.54. The van der Waals surface area contributed by atoms with Gasteiger partial charge in [-0.05, 0) is 74.2 Å². The fourth-order valence-electron chi connectivity index (χ4n) is 3.81. The summed E-state index contributed by atoms with van der Waals surface area (Å²) >= 11 is 6.84. The van der Waals surface area contributed by atoms with Crippen LogP contribution in [0.1, 0.15) is 36.8 Å². The van der Waals surface area contributed by atoms with Crippen LogP contribution in [0.3, 0.4) is 0 Å². The number of carbonyl (C=O) groups is 2. The third-order valence-electron chi connectivity index (χ3n) is 5.45. The van der Waals surface area contributed by atoms with Gasteiger partial charge in [-0.15, -0.1) is 0 Å². The Labute approximate surface area is 205 Å². The van der Waals surface area contributed by atoms with Crippen LogP contribution in [0.15, 0.2) is 45.3 Å². The largest absolute Gasteiger partial charge is 0.484 e. The minimum Gasteiger partial charge on any atom is -0.484 e. The number of benzene rings is 2. The number of halogens is 2. The number of amides is 2. The number of carbonyl (C=O) groups excluding carboxylic acids is 2. The Kier molecular flexibility index (Phi) is 8.99. The smallest absolute Gasteiger partial charge is 0.258 e. The molecule has 0 spiro atoms. The molecule has 0 aliphatic heterocycles. The van der Waals surface area contributed by atoms with E-state index in [0.717, 1.165) is 45.8 Å². The van der Waals surface area contributed by atoms with Gasteiger partial charge in [0.2, 0.25) is 0 Å². The number of aryl methyl sites for hydroxylation is 2. The van der Waals surface area contributed by atoms with Crippen LogP contribution in [0.4, 0.5) is 0 Å². The molecule has 1 fully saturated rings. The summed E-state index contributed by atoms with van der Waals surface area (Å²) in [4.78, 5) is 25.0. The maximum Gasteiger partial charge on any atom is 0.258 e. The van der Waals surface area contributed by atoms with Crippen LogP contribution in [-0.2, 0) is 9.59 Å². The monoisotopic (exact) mass is 566 g/mol. The van der Waals surface area contributed by atoms with Crippen LogP contribution in [0.2, 0.25) is 0 Å². The Morgan fingerprint density at radius 1 is 0.812 bits per heavy atom. The molecule has 2 aromatic carbocycles. The van der Waals surface area contributed by atoms with Crippen molar-refractivity contribution in [2.45, 2.75) is 51.6 Å². The van der Waals surface area contributed by atoms with E-state index < -0.39 is 0 Å². The van der Waals surface area contributed by atoms with E-state index in [9.17, 15) is 9.59 Å². The summed E-state index contributed by atoms with van der Waals surface area (Å²) in [5.41, 5.74) is 1.91. The van der Waals surface area contributed by atoms with Gasteiger partial charge in [0.25, 0.3) is 11.8 Å². The number of hydrogen-bond donors (Lipinski definition) is 2. The van der Waals surface area contributed by atoms with Crippen molar-refractivity contribution in [3.63, 3.8) is 0 Å². The van der Waals surface area contributed by atoms with E-state index in [1.807, 2.05) is 50.2 Å². The fourth-order valence-corrected chi connectivity index (χ4v) is 4.76. The summed E-state index contributed by atoms with van der Waals surface area (Å²) < 4.78 is 13.3. The molecule has 1 saturated carbocycles. The quantitative estimate of drug-likeness (QED) is 0.479. The zero-order valence-electron chi connectivity index (χ0n) is 18.3. The molecule has 1 aliphatic carbocycles. The lowest BCUT2D eigenvalue weighted by molar-refractivity contribution is -0.127. The van der Waals surface area contributed by atoms with Crippen molar-refractivity contribution in [2.75, 3.05) is 13.2 Å². The van der Waals surface area contributed by atoms with E-state index in [0.29, 0.717) is 11.5 Å². The van der Waals surface area contributed by atoms with Crippen LogP contribution >= 0.6 is 31.9 Å². The Balaban J connectivity index is 1.48. The molecule has 2 amide bonds. The summed E-state index contributed by atoms with van der Waals surface area (Å²) in [6.45, 7) is 3.74. The SMILES string of the molecule is Cc1cc(Br)ccc1OCC(=O)N[C@@H]1CCCC[C@H]1NC(=O)COc1ccc(Br)cc1C. The average molecular weight is 568 g/mol. The standard InChI is InChI=1S/C24H28Br2N2O4/c1-15-11-17(25)7-9-21(15)31-13-23(29)27-19-5-3-4-6-20(19)28-24(30)14-32-22-10-8-18(26)12-16(22)2/h7-12,19-20H,3-6,13-14H2,1-2H3,(H,27,29)(H,28,30)/t19-,20-/m1/s1. The Morgan fingerprint density at radius 2 is 1.22 bits per heavy atom. The van der Waals surface area contributed by atoms with E-state index in [1.165, 1.54) is 0 Å². The highest BCUT2D eigenvalue weighted by molar-refractivity contribution is 9.10. The summed E-state index contributed by atoms with van der Waals surface area (Å²) in [5, 5.41) is 6.06. The van der Waals surface area contributed by atoms with Crippen LogP contribution in [0, 0.1) is 13.8 Å². The molecule has 8 heteroatoms. The summed E-state index contributed by atoms with van der Waals surface area (Å²) in [7, 11) is 0. The van der Waals surface area contributed by atoms with E-state index >= 15 is 0 Å². The average Bonchev–Trinajstić information content (AvgIpc) is 2.74. The molecule has 0 heterocycles. The molecule has 2 N–H and O–H groups in total. The zero-order chi connectivity index (χ0) is 23.1. The van der Waals surface area contributed by atoms with Crippen molar-refractivity contribution in [2.24, 2.45) is 0 Å². The van der Waals surface area contributed by atoms with Crippen LogP contribution in [-0.4, -0.2) is 37.1 Å². The van der Waals surface area contributed by atoms with E-state index in [1.54, 1.807) is 0 Å². The lowest BCUT2D eigenvalue weighted by Gasteiger charge is -2.32. The first-order valence-electron chi connectivity index (χ1n) is 10.7. The van der Waals surface area contributed by atoms with Gasteiger partial charge in [-0.3, -0.25) is 9.59 Å². The topological polar surface area (TPSA) is 76.7 Å². The second kappa shape index (κ2) is 11.7. The molecule has 3 rings (SSSR count). The minimum atomic E-state index is -0.194. The van der Waals surface area contributed by atoms with Gasteiger partial charge in [0.15, 0.2) is 13.2 Å². The maximum absolute atomic E-state index is 12.5. The van der Waals surface area contributed by atoms with Gasteiger partial charge in [0, 0.05) is 21.0 Å². The summed E-state index contributed by atoms with van der Waals surface area (Å²) in [6, 6.07) is 11.1. The van der Waals surface area contributed by atoms with Crippen molar-refractivity contribution >= 4 is 43.7 Å². The predicted molar refractivity (Wildman–Crippen MR) is 131 cm³/mol. The van der Waals surface area contributed by atoms with Gasteiger partial charge in [-0.1, -0.05) is 44.7 Å². The van der Waals surface area contributed by atoms with E-state index in [4.69, 9.17) is 9.47 Å². The third kappa shape index (κ3) is 7.24. The molecular formula is C24H28Br2N2O4. The van der Waals surface area contributed by atoms with Gasteiger partial charge < -0.3 is 20.1 Å². The number of hydrogen-bond acceptors (Lipinski definition) is 4. The number of nitrogens with one attached hydrogen (secondary N) is 2. The molecule has 0 aromatic heterocycles. The maximum atomic E-state index is 12.5. The Morgan fingerprint density at radius 3 is 1.59 bits per heavy atom. The molecule has 2 aromatic rings. The van der Waals surface area contributed by atoms with Crippen molar-refractivity contribution in [1.82, 2.24) is 10.6 Å². The molecule has 32 heavy (non-hydrogen) atoms. The van der Waals surface area contributed by atoms with E-state index in [2.05, 4.69) is 42.5 Å². The molecule has 0 unspecified atom stereocenters. The van der Waals surface area contributed by atoms with Crippen molar-refractivity contribution in [3.8, 4) is 11.5 Å². The first-order valence-corrected chi connectivity index (χ1v) is 12.3. The fraction of sp³-hybridized carbons (Fsp3) is 0.417. The van der Waals surface area contributed by atoms with Crippen LogP contribution in [0.25, 0.3) is 0 Å². The highest BCUT2D eigenvalue weighted by atomic mass is 79.9. The molecule has 0 radical (unpaired) electrons. The Hall–Kier alpha value is -2.06. The second-order valence-corrected chi connectivity index (χ2v) is 9.86. The number of ether oxygens (including phenoxy) is 2. The Bertz CT molecular complexity index is 890. The van der Waals surface area contributed by atoms with E-state index in [-0.39, 0.29) is 37.1 Å². The van der Waals surface area contributed by atoms with Crippen molar-refractivity contribution < 1.29 is 19.1 Å². The molecule has 172 valence electrons. The molecule has 6 nitrogen and oxygen atoms in total. The second-order valence-electron chi connectivity index (χ2n) is 8.03. The normalized spacial score (nSPS) is 18.0. The van der Waals surface area contributed by atoms with Crippen molar-refractivity contribution in [1.29, 1.82) is 0 Å².